The molecule has 0 aliphatic rings. The van der Waals surface area contributed by atoms with Crippen molar-refractivity contribution in [3.05, 3.63) is 53.0 Å². The number of carbonyl (C=O) groups excluding carboxylic acids is 1. The number of sulfone groups is 1. The summed E-state index contributed by atoms with van der Waals surface area (Å²) in [5.74, 6) is -0.00869. The van der Waals surface area contributed by atoms with Crippen molar-refractivity contribution < 1.29 is 23.1 Å². The molecular weight excluding hydrogens is 424 g/mol. The molecule has 0 spiro atoms. The minimum Gasteiger partial charge on any atom is -0.506 e. The number of thiazole rings is 1. The van der Waals surface area contributed by atoms with Crippen molar-refractivity contribution in [1.29, 1.82) is 0 Å². The first-order valence-electron chi connectivity index (χ1n) is 9.33. The predicted molar refractivity (Wildman–Crippen MR) is 117 cm³/mol. The van der Waals surface area contributed by atoms with Gasteiger partial charge in [0.25, 0.3) is 5.91 Å². The lowest BCUT2D eigenvalue weighted by Gasteiger charge is -2.09. The van der Waals surface area contributed by atoms with Gasteiger partial charge >= 0.3 is 0 Å². The average Bonchev–Trinajstić information content (AvgIpc) is 3.12. The summed E-state index contributed by atoms with van der Waals surface area (Å²) in [4.78, 5) is 17.7. The largest absolute Gasteiger partial charge is 0.506 e. The first kappa shape index (κ1) is 21.8. The van der Waals surface area contributed by atoms with Gasteiger partial charge in [-0.2, -0.15) is 0 Å². The molecule has 0 saturated carbocycles. The van der Waals surface area contributed by atoms with E-state index in [1.807, 2.05) is 31.2 Å². The molecule has 1 heterocycles. The topological polar surface area (TPSA) is 106 Å². The van der Waals surface area contributed by atoms with E-state index in [0.29, 0.717) is 22.2 Å². The van der Waals surface area contributed by atoms with Crippen LogP contribution < -0.4 is 10.1 Å². The first-order valence-corrected chi connectivity index (χ1v) is 11.8. The highest BCUT2D eigenvalue weighted by atomic mass is 32.2. The fourth-order valence-electron chi connectivity index (χ4n) is 2.75. The van der Waals surface area contributed by atoms with E-state index in [1.54, 1.807) is 6.92 Å². The van der Waals surface area contributed by atoms with E-state index in [9.17, 15) is 18.3 Å². The molecule has 3 aromatic rings. The lowest BCUT2D eigenvalue weighted by Crippen LogP contribution is -2.12. The van der Waals surface area contributed by atoms with Crippen LogP contribution in [0.15, 0.2) is 47.4 Å². The van der Waals surface area contributed by atoms with Crippen LogP contribution in [0.5, 0.6) is 11.5 Å². The van der Waals surface area contributed by atoms with E-state index < -0.39 is 15.7 Å². The number of aromatic hydroxyl groups is 1. The van der Waals surface area contributed by atoms with E-state index >= 15 is 0 Å². The van der Waals surface area contributed by atoms with Crippen LogP contribution in [0.4, 0.5) is 5.69 Å². The van der Waals surface area contributed by atoms with Crippen molar-refractivity contribution in [3.63, 3.8) is 0 Å². The second-order valence-electron chi connectivity index (χ2n) is 6.43. The molecule has 2 N–H and O–H groups in total. The molecule has 9 heteroatoms. The molecule has 0 bridgehead atoms. The Morgan fingerprint density at radius 2 is 1.87 bits per heavy atom. The maximum absolute atomic E-state index is 12.8. The molecule has 0 aliphatic heterocycles. The van der Waals surface area contributed by atoms with Crippen molar-refractivity contribution in [2.24, 2.45) is 0 Å². The fraction of sp³-hybridized carbons (Fsp3) is 0.238. The highest BCUT2D eigenvalue weighted by Crippen LogP contribution is 2.32. The lowest BCUT2D eigenvalue weighted by atomic mass is 10.2. The minimum atomic E-state index is -3.47. The maximum Gasteiger partial charge on any atom is 0.267 e. The Kier molecular flexibility index (Phi) is 6.42. The lowest BCUT2D eigenvalue weighted by molar-refractivity contribution is 0.102. The van der Waals surface area contributed by atoms with E-state index in [2.05, 4.69) is 10.3 Å². The Morgan fingerprint density at radius 1 is 1.17 bits per heavy atom. The van der Waals surface area contributed by atoms with Crippen LogP contribution in [-0.4, -0.2) is 36.8 Å². The number of aromatic nitrogens is 1. The summed E-state index contributed by atoms with van der Waals surface area (Å²) in [6.45, 7) is 5.74. The summed E-state index contributed by atoms with van der Waals surface area (Å²) in [6.07, 6.45) is 0. The third-order valence-electron chi connectivity index (χ3n) is 4.37. The second-order valence-corrected chi connectivity index (χ2v) is 9.70. The minimum absolute atomic E-state index is 0.0324. The van der Waals surface area contributed by atoms with E-state index in [4.69, 9.17) is 4.74 Å². The number of rotatable bonds is 7. The number of nitrogens with zero attached hydrogens (tertiary/aromatic N) is 1. The second kappa shape index (κ2) is 8.85. The van der Waals surface area contributed by atoms with Gasteiger partial charge in [-0.25, -0.2) is 13.4 Å². The summed E-state index contributed by atoms with van der Waals surface area (Å²) in [5, 5.41) is 13.3. The van der Waals surface area contributed by atoms with Crippen molar-refractivity contribution in [2.75, 3.05) is 17.7 Å². The van der Waals surface area contributed by atoms with Gasteiger partial charge in [0.05, 0.1) is 28.6 Å². The molecule has 0 saturated heterocycles. The zero-order chi connectivity index (χ0) is 21.9. The standard InChI is InChI=1S/C21H22N2O5S2/c1-4-28-15-8-6-14(7-9-15)21-22-13(3)19(29-21)20(25)23-17-12-16(10-11-18(17)24)30(26,27)5-2/h6-12,24H,4-5H2,1-3H3,(H,23,25). The molecule has 0 radical (unpaired) electrons. The number of amides is 1. The molecule has 0 fully saturated rings. The number of hydrogen-bond donors (Lipinski definition) is 2. The summed E-state index contributed by atoms with van der Waals surface area (Å²) in [5.41, 5.74) is 1.42. The predicted octanol–water partition coefficient (Wildman–Crippen LogP) is 4.27. The van der Waals surface area contributed by atoms with Crippen LogP contribution in [0.3, 0.4) is 0 Å². The molecule has 1 amide bonds. The van der Waals surface area contributed by atoms with Crippen LogP contribution in [-0.2, 0) is 9.84 Å². The van der Waals surface area contributed by atoms with Gasteiger partial charge in [-0.05, 0) is 56.3 Å². The van der Waals surface area contributed by atoms with Gasteiger partial charge in [-0.15, -0.1) is 11.3 Å². The molecule has 0 aliphatic carbocycles. The highest BCUT2D eigenvalue weighted by Gasteiger charge is 2.19. The summed E-state index contributed by atoms with van der Waals surface area (Å²) >= 11 is 1.22. The number of benzene rings is 2. The van der Waals surface area contributed by atoms with Crippen LogP contribution in [0, 0.1) is 6.92 Å². The molecule has 30 heavy (non-hydrogen) atoms. The van der Waals surface area contributed by atoms with Gasteiger partial charge in [0, 0.05) is 5.56 Å². The normalized spacial score (nSPS) is 11.3. The number of phenols is 1. The average molecular weight is 447 g/mol. The molecule has 0 unspecified atom stereocenters. The van der Waals surface area contributed by atoms with Gasteiger partial charge in [0.15, 0.2) is 9.84 Å². The van der Waals surface area contributed by atoms with Crippen LogP contribution >= 0.6 is 11.3 Å². The van der Waals surface area contributed by atoms with Gasteiger partial charge < -0.3 is 15.2 Å². The van der Waals surface area contributed by atoms with Crippen molar-refractivity contribution in [1.82, 2.24) is 4.98 Å². The smallest absolute Gasteiger partial charge is 0.267 e. The van der Waals surface area contributed by atoms with Crippen LogP contribution in [0.2, 0.25) is 0 Å². The SMILES string of the molecule is CCOc1ccc(-c2nc(C)c(C(=O)Nc3cc(S(=O)(=O)CC)ccc3O)s2)cc1. The highest BCUT2D eigenvalue weighted by molar-refractivity contribution is 7.91. The molecule has 7 nitrogen and oxygen atoms in total. The van der Waals surface area contributed by atoms with Crippen LogP contribution in [0.1, 0.15) is 29.2 Å². The molecule has 158 valence electrons. The van der Waals surface area contributed by atoms with E-state index in [1.165, 1.54) is 36.5 Å². The molecule has 1 aromatic heterocycles. The first-order chi connectivity index (χ1) is 14.2. The molecule has 0 atom stereocenters. The van der Waals surface area contributed by atoms with Gasteiger partial charge in [0.2, 0.25) is 0 Å². The summed E-state index contributed by atoms with van der Waals surface area (Å²) in [7, 11) is -3.47. The van der Waals surface area contributed by atoms with Crippen molar-refractivity contribution in [2.45, 2.75) is 25.7 Å². The maximum atomic E-state index is 12.8. The van der Waals surface area contributed by atoms with E-state index in [-0.39, 0.29) is 22.1 Å². The van der Waals surface area contributed by atoms with Gasteiger partial charge in [-0.1, -0.05) is 6.92 Å². The summed E-state index contributed by atoms with van der Waals surface area (Å²) in [6, 6.07) is 11.2. The monoisotopic (exact) mass is 446 g/mol. The molecular formula is C21H22N2O5S2. The third-order valence-corrected chi connectivity index (χ3v) is 7.31. The summed E-state index contributed by atoms with van der Waals surface area (Å²) < 4.78 is 29.6. The van der Waals surface area contributed by atoms with Crippen LogP contribution in [0.25, 0.3) is 10.6 Å². The van der Waals surface area contributed by atoms with Crippen molar-refractivity contribution in [3.8, 4) is 22.1 Å². The van der Waals surface area contributed by atoms with E-state index in [0.717, 1.165) is 11.3 Å². The third kappa shape index (κ3) is 4.63. The Bertz CT molecular complexity index is 1170. The number of hydrogen-bond acceptors (Lipinski definition) is 7. The molecule has 3 rings (SSSR count). The Morgan fingerprint density at radius 3 is 2.50 bits per heavy atom. The number of phenolic OH excluding ortho intramolecular Hbond substituents is 1. The fourth-order valence-corrected chi connectivity index (χ4v) is 4.62. The number of carbonyl (C=O) groups is 1. The quantitative estimate of drug-likeness (QED) is 0.525. The number of nitrogens with one attached hydrogen (secondary N) is 1. The van der Waals surface area contributed by atoms with Gasteiger partial charge in [0.1, 0.15) is 21.4 Å². The number of anilines is 1. The Balaban J connectivity index is 1.86. The Hall–Kier alpha value is -2.91. The van der Waals surface area contributed by atoms with Crippen molar-refractivity contribution >= 4 is 32.8 Å². The number of ether oxygens (including phenoxy) is 1. The zero-order valence-electron chi connectivity index (χ0n) is 16.8. The molecule has 2 aromatic carbocycles. The zero-order valence-corrected chi connectivity index (χ0v) is 18.4. The Labute approximate surface area is 179 Å². The number of aryl methyl sites for hydroxylation is 1. The van der Waals surface area contributed by atoms with Gasteiger partial charge in [-0.3, -0.25) is 4.79 Å².